The van der Waals surface area contributed by atoms with Crippen LogP contribution in [0.3, 0.4) is 0 Å². The molecule has 8 nitrogen and oxygen atoms in total. The van der Waals surface area contributed by atoms with Gasteiger partial charge in [0, 0.05) is 9.50 Å². The predicted octanol–water partition coefficient (Wildman–Crippen LogP) is 3.51. The minimum Gasteiger partial charge on any atom is -0.449 e. The van der Waals surface area contributed by atoms with Crippen LogP contribution in [-0.4, -0.2) is 29.9 Å². The zero-order chi connectivity index (χ0) is 20.4. The molecule has 0 aliphatic carbocycles. The maximum absolute atomic E-state index is 13.2. The van der Waals surface area contributed by atoms with Crippen LogP contribution in [0.15, 0.2) is 70.2 Å². The van der Waals surface area contributed by atoms with E-state index in [-0.39, 0.29) is 18.0 Å². The van der Waals surface area contributed by atoms with E-state index in [9.17, 15) is 9.90 Å². The third-order valence-corrected chi connectivity index (χ3v) is 4.75. The van der Waals surface area contributed by atoms with Crippen LogP contribution in [0.25, 0.3) is 11.4 Å². The van der Waals surface area contributed by atoms with Gasteiger partial charge in [-0.25, -0.2) is 4.68 Å². The molecule has 0 saturated carbocycles. The Labute approximate surface area is 178 Å². The lowest BCUT2D eigenvalue weighted by Crippen LogP contribution is -2.24. The first-order valence-electron chi connectivity index (χ1n) is 8.39. The Kier molecular flexibility index (Phi) is 5.43. The van der Waals surface area contributed by atoms with Crippen molar-refractivity contribution in [2.75, 3.05) is 0 Å². The highest BCUT2D eigenvalue weighted by molar-refractivity contribution is 9.10. The van der Waals surface area contributed by atoms with Gasteiger partial charge in [0.1, 0.15) is 17.1 Å². The molecule has 10 heteroatoms. The molecule has 4 aromatic rings. The third kappa shape index (κ3) is 4.07. The Morgan fingerprint density at radius 1 is 1.10 bits per heavy atom. The molecule has 0 unspecified atom stereocenters. The lowest BCUT2D eigenvalue weighted by Gasteiger charge is -2.12. The summed E-state index contributed by atoms with van der Waals surface area (Å²) in [5.41, 5.74) is 0.673. The quantitative estimate of drug-likeness (QED) is 0.476. The highest BCUT2D eigenvalue weighted by Gasteiger charge is 2.18. The summed E-state index contributed by atoms with van der Waals surface area (Å²) in [4.78, 5) is 13.2. The zero-order valence-electron chi connectivity index (χ0n) is 14.7. The van der Waals surface area contributed by atoms with Gasteiger partial charge >= 0.3 is 5.56 Å². The fraction of sp³-hybridized carbons (Fsp3) is 0.0526. The molecule has 0 radical (unpaired) electrons. The summed E-state index contributed by atoms with van der Waals surface area (Å²) in [6.45, 7) is -0.280. The summed E-state index contributed by atoms with van der Waals surface area (Å²) in [7, 11) is 0. The molecule has 146 valence electrons. The van der Waals surface area contributed by atoms with Crippen LogP contribution in [0.5, 0.6) is 11.5 Å². The van der Waals surface area contributed by atoms with Crippen molar-refractivity contribution in [3.8, 4) is 22.9 Å². The second-order valence-corrected chi connectivity index (χ2v) is 7.27. The van der Waals surface area contributed by atoms with E-state index in [1.54, 1.807) is 48.5 Å². The SMILES string of the molecule is O=c1c(Oc2ccc(Br)cc2)c(-n2cc(CO)nn2)cnn1-c1ccc(Cl)cc1. The number of hydrogen-bond donors (Lipinski definition) is 1. The molecule has 2 aromatic heterocycles. The normalized spacial score (nSPS) is 10.9. The first kappa shape index (κ1) is 19.3. The molecule has 0 spiro atoms. The number of hydrogen-bond acceptors (Lipinski definition) is 6. The van der Waals surface area contributed by atoms with Gasteiger partial charge in [0.15, 0.2) is 0 Å². The first-order chi connectivity index (χ1) is 14.0. The molecule has 4 rings (SSSR count). The Bertz CT molecular complexity index is 1210. The fourth-order valence-corrected chi connectivity index (χ4v) is 2.95. The Hall–Kier alpha value is -3.01. The highest BCUT2D eigenvalue weighted by Crippen LogP contribution is 2.26. The summed E-state index contributed by atoms with van der Waals surface area (Å²) in [5.74, 6) is 0.467. The minimum absolute atomic E-state index is 0.00617. The summed E-state index contributed by atoms with van der Waals surface area (Å²) < 4.78 is 9.32. The number of aromatic nitrogens is 5. The van der Waals surface area contributed by atoms with Crippen molar-refractivity contribution in [3.05, 3.63) is 86.5 Å². The smallest absolute Gasteiger partial charge is 0.316 e. The van der Waals surface area contributed by atoms with Crippen molar-refractivity contribution in [1.29, 1.82) is 0 Å². The molecule has 0 bridgehead atoms. The molecule has 0 aliphatic rings. The van der Waals surface area contributed by atoms with Crippen LogP contribution in [0.2, 0.25) is 5.02 Å². The van der Waals surface area contributed by atoms with Crippen LogP contribution in [0, 0.1) is 0 Å². The average molecular weight is 475 g/mol. The van der Waals surface area contributed by atoms with Crippen molar-refractivity contribution in [3.63, 3.8) is 0 Å². The Morgan fingerprint density at radius 3 is 2.48 bits per heavy atom. The molecule has 0 saturated heterocycles. The third-order valence-electron chi connectivity index (χ3n) is 3.97. The maximum Gasteiger partial charge on any atom is 0.316 e. The Morgan fingerprint density at radius 2 is 1.83 bits per heavy atom. The molecule has 0 atom stereocenters. The van der Waals surface area contributed by atoms with Crippen LogP contribution in [0.4, 0.5) is 0 Å². The summed E-state index contributed by atoms with van der Waals surface area (Å²) in [6.07, 6.45) is 2.94. The van der Waals surface area contributed by atoms with E-state index in [1.165, 1.54) is 21.8 Å². The maximum atomic E-state index is 13.2. The number of aliphatic hydroxyl groups excluding tert-OH is 1. The second kappa shape index (κ2) is 8.16. The zero-order valence-corrected chi connectivity index (χ0v) is 17.1. The summed E-state index contributed by atoms with van der Waals surface area (Å²) in [5, 5.41) is 21.8. The van der Waals surface area contributed by atoms with Crippen LogP contribution < -0.4 is 10.3 Å². The van der Waals surface area contributed by atoms with E-state index < -0.39 is 5.56 Å². The van der Waals surface area contributed by atoms with Crippen molar-refractivity contribution in [1.82, 2.24) is 24.8 Å². The molecule has 29 heavy (non-hydrogen) atoms. The lowest BCUT2D eigenvalue weighted by atomic mass is 10.3. The summed E-state index contributed by atoms with van der Waals surface area (Å²) >= 11 is 9.30. The first-order valence-corrected chi connectivity index (χ1v) is 9.56. The van der Waals surface area contributed by atoms with Gasteiger partial charge < -0.3 is 9.84 Å². The summed E-state index contributed by atoms with van der Waals surface area (Å²) in [6, 6.07) is 13.7. The average Bonchev–Trinajstić information content (AvgIpc) is 3.21. The van der Waals surface area contributed by atoms with Gasteiger partial charge in [0.2, 0.25) is 5.75 Å². The number of nitrogens with zero attached hydrogens (tertiary/aromatic N) is 5. The van der Waals surface area contributed by atoms with E-state index in [0.717, 1.165) is 4.47 Å². The van der Waals surface area contributed by atoms with Gasteiger partial charge in [0.25, 0.3) is 0 Å². The number of aliphatic hydroxyl groups is 1. The minimum atomic E-state index is -0.492. The van der Waals surface area contributed by atoms with Gasteiger partial charge in [-0.1, -0.05) is 32.7 Å². The topological polar surface area (TPSA) is 95.1 Å². The van der Waals surface area contributed by atoms with Gasteiger partial charge in [-0.3, -0.25) is 4.79 Å². The monoisotopic (exact) mass is 473 g/mol. The molecule has 2 heterocycles. The van der Waals surface area contributed by atoms with Crippen LogP contribution in [-0.2, 0) is 6.61 Å². The van der Waals surface area contributed by atoms with E-state index in [4.69, 9.17) is 16.3 Å². The fourth-order valence-electron chi connectivity index (χ4n) is 2.56. The molecular weight excluding hydrogens is 462 g/mol. The van der Waals surface area contributed by atoms with Gasteiger partial charge in [-0.2, -0.15) is 9.78 Å². The Balaban J connectivity index is 1.86. The van der Waals surface area contributed by atoms with E-state index in [2.05, 4.69) is 31.3 Å². The van der Waals surface area contributed by atoms with Crippen molar-refractivity contribution < 1.29 is 9.84 Å². The molecule has 1 N–H and O–H groups in total. The molecule has 0 amide bonds. The number of benzene rings is 2. The van der Waals surface area contributed by atoms with Crippen LogP contribution >= 0.6 is 27.5 Å². The van der Waals surface area contributed by atoms with Crippen molar-refractivity contribution in [2.24, 2.45) is 0 Å². The largest absolute Gasteiger partial charge is 0.449 e. The van der Waals surface area contributed by atoms with E-state index in [1.807, 2.05) is 0 Å². The molecule has 2 aromatic carbocycles. The highest BCUT2D eigenvalue weighted by atomic mass is 79.9. The van der Waals surface area contributed by atoms with Gasteiger partial charge in [-0.05, 0) is 48.5 Å². The van der Waals surface area contributed by atoms with E-state index in [0.29, 0.717) is 22.2 Å². The van der Waals surface area contributed by atoms with E-state index >= 15 is 0 Å². The second-order valence-electron chi connectivity index (χ2n) is 5.92. The standard InChI is InChI=1S/C19H13BrClN5O3/c20-12-1-7-16(8-2-12)29-18-17(25-10-14(11-27)23-24-25)9-22-26(19(18)28)15-5-3-13(21)4-6-15/h1-10,27H,11H2. The van der Waals surface area contributed by atoms with Crippen molar-refractivity contribution >= 4 is 27.5 Å². The molecule has 0 aliphatic heterocycles. The number of halogens is 2. The molecule has 0 fully saturated rings. The molecular formula is C19H13BrClN5O3. The van der Waals surface area contributed by atoms with Gasteiger partial charge in [-0.15, -0.1) is 5.10 Å². The lowest BCUT2D eigenvalue weighted by molar-refractivity contribution is 0.276. The predicted molar refractivity (Wildman–Crippen MR) is 110 cm³/mol. The van der Waals surface area contributed by atoms with Crippen molar-refractivity contribution in [2.45, 2.75) is 6.61 Å². The number of rotatable bonds is 5. The van der Waals surface area contributed by atoms with Crippen LogP contribution in [0.1, 0.15) is 5.69 Å². The van der Waals surface area contributed by atoms with Gasteiger partial charge in [0.05, 0.1) is 24.7 Å². The number of ether oxygens (including phenoxy) is 1.